The summed E-state index contributed by atoms with van der Waals surface area (Å²) in [5.41, 5.74) is 1.92. The number of hydrogen-bond acceptors (Lipinski definition) is 3. The summed E-state index contributed by atoms with van der Waals surface area (Å²) < 4.78 is 0. The Kier molecular flexibility index (Phi) is 3.86. The highest BCUT2D eigenvalue weighted by Gasteiger charge is 2.11. The standard InChI is InChI=1S/C12H18N2O/c1-9(2)8-14(4)12-11(10(3)15)6-5-7-13-12/h5-7,10,15H,1,8H2,2-4H3. The van der Waals surface area contributed by atoms with E-state index < -0.39 is 6.10 Å². The first-order valence-electron chi connectivity index (χ1n) is 5.01. The molecule has 0 spiro atoms. The minimum Gasteiger partial charge on any atom is -0.389 e. The number of pyridine rings is 1. The topological polar surface area (TPSA) is 36.4 Å². The van der Waals surface area contributed by atoms with Gasteiger partial charge in [0.1, 0.15) is 5.82 Å². The zero-order valence-electron chi connectivity index (χ0n) is 9.57. The van der Waals surface area contributed by atoms with Crippen molar-refractivity contribution < 1.29 is 5.11 Å². The predicted molar refractivity (Wildman–Crippen MR) is 63.0 cm³/mol. The molecule has 0 fully saturated rings. The van der Waals surface area contributed by atoms with Gasteiger partial charge in [0.2, 0.25) is 0 Å². The van der Waals surface area contributed by atoms with E-state index in [2.05, 4.69) is 11.6 Å². The van der Waals surface area contributed by atoms with Gasteiger partial charge in [0.25, 0.3) is 0 Å². The van der Waals surface area contributed by atoms with Crippen LogP contribution in [0.25, 0.3) is 0 Å². The fraction of sp³-hybridized carbons (Fsp3) is 0.417. The molecule has 1 rings (SSSR count). The Morgan fingerprint density at radius 3 is 2.87 bits per heavy atom. The average Bonchev–Trinajstić information content (AvgIpc) is 2.16. The molecule has 1 heterocycles. The van der Waals surface area contributed by atoms with Crippen LogP contribution in [0.2, 0.25) is 0 Å². The van der Waals surface area contributed by atoms with Gasteiger partial charge < -0.3 is 10.0 Å². The number of likely N-dealkylation sites (N-methyl/N-ethyl adjacent to an activating group) is 1. The van der Waals surface area contributed by atoms with Crippen LogP contribution in [-0.2, 0) is 0 Å². The van der Waals surface area contributed by atoms with E-state index in [9.17, 15) is 5.11 Å². The summed E-state index contributed by atoms with van der Waals surface area (Å²) in [6, 6.07) is 3.72. The van der Waals surface area contributed by atoms with Crippen LogP contribution < -0.4 is 4.90 Å². The second kappa shape index (κ2) is 4.94. The third-order valence-electron chi connectivity index (χ3n) is 2.14. The molecule has 0 radical (unpaired) electrons. The summed E-state index contributed by atoms with van der Waals surface area (Å²) in [5, 5.41) is 9.60. The molecule has 3 nitrogen and oxygen atoms in total. The highest BCUT2D eigenvalue weighted by molar-refractivity contribution is 5.47. The van der Waals surface area contributed by atoms with Gasteiger partial charge in [-0.1, -0.05) is 18.2 Å². The molecule has 0 aromatic carbocycles. The molecule has 0 saturated carbocycles. The Morgan fingerprint density at radius 2 is 2.33 bits per heavy atom. The molecule has 1 atom stereocenters. The molecule has 1 N–H and O–H groups in total. The number of nitrogens with zero attached hydrogens (tertiary/aromatic N) is 2. The monoisotopic (exact) mass is 206 g/mol. The van der Waals surface area contributed by atoms with Crippen LogP contribution in [0.1, 0.15) is 25.5 Å². The van der Waals surface area contributed by atoms with E-state index in [1.807, 2.05) is 31.0 Å². The summed E-state index contributed by atoms with van der Waals surface area (Å²) in [5.74, 6) is 0.815. The highest BCUT2D eigenvalue weighted by atomic mass is 16.3. The van der Waals surface area contributed by atoms with Crippen LogP contribution in [0.15, 0.2) is 30.5 Å². The summed E-state index contributed by atoms with van der Waals surface area (Å²) >= 11 is 0. The maximum atomic E-state index is 9.60. The van der Waals surface area contributed by atoms with Gasteiger partial charge in [-0.15, -0.1) is 0 Å². The Balaban J connectivity index is 2.97. The lowest BCUT2D eigenvalue weighted by Crippen LogP contribution is -2.22. The Labute approximate surface area is 91.1 Å². The molecule has 0 aliphatic heterocycles. The first-order valence-corrected chi connectivity index (χ1v) is 5.01. The molecular formula is C12H18N2O. The van der Waals surface area contributed by atoms with Crippen molar-refractivity contribution >= 4 is 5.82 Å². The van der Waals surface area contributed by atoms with Crippen LogP contribution in [0, 0.1) is 0 Å². The maximum absolute atomic E-state index is 9.60. The van der Waals surface area contributed by atoms with Gasteiger partial charge in [0.15, 0.2) is 0 Å². The Hall–Kier alpha value is -1.35. The van der Waals surface area contributed by atoms with Gasteiger partial charge in [-0.05, 0) is 19.9 Å². The molecule has 0 aliphatic rings. The summed E-state index contributed by atoms with van der Waals surface area (Å²) in [6.45, 7) is 8.33. The summed E-state index contributed by atoms with van der Waals surface area (Å²) in [6.07, 6.45) is 1.23. The molecule has 1 aromatic heterocycles. The van der Waals surface area contributed by atoms with E-state index in [1.54, 1.807) is 13.1 Å². The van der Waals surface area contributed by atoms with E-state index in [-0.39, 0.29) is 0 Å². The third kappa shape index (κ3) is 3.06. The molecular weight excluding hydrogens is 188 g/mol. The summed E-state index contributed by atoms with van der Waals surface area (Å²) in [4.78, 5) is 6.27. The van der Waals surface area contributed by atoms with E-state index in [1.165, 1.54) is 0 Å². The number of aromatic nitrogens is 1. The lowest BCUT2D eigenvalue weighted by atomic mass is 10.1. The van der Waals surface area contributed by atoms with Gasteiger partial charge in [-0.2, -0.15) is 0 Å². The van der Waals surface area contributed by atoms with Crippen molar-refractivity contribution in [1.29, 1.82) is 0 Å². The summed E-state index contributed by atoms with van der Waals surface area (Å²) in [7, 11) is 1.95. The molecule has 0 bridgehead atoms. The zero-order chi connectivity index (χ0) is 11.4. The molecule has 15 heavy (non-hydrogen) atoms. The van der Waals surface area contributed by atoms with Crippen LogP contribution in [-0.4, -0.2) is 23.7 Å². The second-order valence-corrected chi connectivity index (χ2v) is 3.91. The molecule has 1 aromatic rings. The van der Waals surface area contributed by atoms with Crippen molar-refractivity contribution in [3.63, 3.8) is 0 Å². The first-order chi connectivity index (χ1) is 7.02. The average molecular weight is 206 g/mol. The van der Waals surface area contributed by atoms with Gasteiger partial charge in [-0.3, -0.25) is 0 Å². The highest BCUT2D eigenvalue weighted by Crippen LogP contribution is 2.22. The van der Waals surface area contributed by atoms with Crippen LogP contribution >= 0.6 is 0 Å². The Morgan fingerprint density at radius 1 is 1.67 bits per heavy atom. The minimum absolute atomic E-state index is 0.499. The van der Waals surface area contributed by atoms with Crippen molar-refractivity contribution in [2.24, 2.45) is 0 Å². The van der Waals surface area contributed by atoms with Crippen molar-refractivity contribution in [3.8, 4) is 0 Å². The number of aliphatic hydroxyl groups is 1. The smallest absolute Gasteiger partial charge is 0.134 e. The molecule has 3 heteroatoms. The van der Waals surface area contributed by atoms with Gasteiger partial charge in [0.05, 0.1) is 6.10 Å². The molecule has 0 aliphatic carbocycles. The van der Waals surface area contributed by atoms with Crippen molar-refractivity contribution in [3.05, 3.63) is 36.0 Å². The van der Waals surface area contributed by atoms with Crippen LogP contribution in [0.3, 0.4) is 0 Å². The fourth-order valence-corrected chi connectivity index (χ4v) is 1.53. The number of aliphatic hydroxyl groups excluding tert-OH is 1. The number of rotatable bonds is 4. The second-order valence-electron chi connectivity index (χ2n) is 3.91. The predicted octanol–water partition coefficient (Wildman–Crippen LogP) is 2.15. The molecule has 0 amide bonds. The van der Waals surface area contributed by atoms with Gasteiger partial charge in [0, 0.05) is 25.4 Å². The largest absolute Gasteiger partial charge is 0.389 e. The quantitative estimate of drug-likeness (QED) is 0.767. The van der Waals surface area contributed by atoms with Gasteiger partial charge >= 0.3 is 0 Å². The van der Waals surface area contributed by atoms with Crippen molar-refractivity contribution in [1.82, 2.24) is 4.98 Å². The number of anilines is 1. The van der Waals surface area contributed by atoms with Crippen LogP contribution in [0.4, 0.5) is 5.82 Å². The van der Waals surface area contributed by atoms with Crippen molar-refractivity contribution in [2.45, 2.75) is 20.0 Å². The Bertz CT molecular complexity index is 347. The normalized spacial score (nSPS) is 12.3. The van der Waals surface area contributed by atoms with Crippen molar-refractivity contribution in [2.75, 3.05) is 18.5 Å². The maximum Gasteiger partial charge on any atom is 0.134 e. The first kappa shape index (κ1) is 11.7. The van der Waals surface area contributed by atoms with Gasteiger partial charge in [-0.25, -0.2) is 4.98 Å². The van der Waals surface area contributed by atoms with E-state index in [4.69, 9.17) is 0 Å². The van der Waals surface area contributed by atoms with Crippen LogP contribution in [0.5, 0.6) is 0 Å². The van der Waals surface area contributed by atoms with E-state index in [0.717, 1.165) is 23.5 Å². The molecule has 0 saturated heterocycles. The SMILES string of the molecule is C=C(C)CN(C)c1ncccc1C(C)O. The lowest BCUT2D eigenvalue weighted by molar-refractivity contribution is 0.199. The third-order valence-corrected chi connectivity index (χ3v) is 2.14. The molecule has 82 valence electrons. The van der Waals surface area contributed by atoms with E-state index in [0.29, 0.717) is 0 Å². The fourth-order valence-electron chi connectivity index (χ4n) is 1.53. The molecule has 1 unspecified atom stereocenters. The lowest BCUT2D eigenvalue weighted by Gasteiger charge is -2.22. The zero-order valence-corrected chi connectivity index (χ0v) is 9.57. The minimum atomic E-state index is -0.499. The number of hydrogen-bond donors (Lipinski definition) is 1. The van der Waals surface area contributed by atoms with E-state index >= 15 is 0 Å².